The summed E-state index contributed by atoms with van der Waals surface area (Å²) in [7, 11) is 0. The zero-order chi connectivity index (χ0) is 19.0. The van der Waals surface area contributed by atoms with Crippen LogP contribution >= 0.6 is 0 Å². The zero-order valence-electron chi connectivity index (χ0n) is 15.6. The van der Waals surface area contributed by atoms with E-state index in [1.54, 1.807) is 12.4 Å². The highest BCUT2D eigenvalue weighted by Gasteiger charge is 2.29. The summed E-state index contributed by atoms with van der Waals surface area (Å²) in [5.74, 6) is -0.266. The second kappa shape index (κ2) is 6.96. The van der Waals surface area contributed by atoms with Crippen LogP contribution in [0, 0.1) is 12.7 Å². The molecule has 0 saturated carbocycles. The maximum absolute atomic E-state index is 14.4. The maximum atomic E-state index is 14.4. The van der Waals surface area contributed by atoms with Crippen molar-refractivity contribution in [2.24, 2.45) is 0 Å². The summed E-state index contributed by atoms with van der Waals surface area (Å²) < 4.78 is 14.4. The van der Waals surface area contributed by atoms with Gasteiger partial charge in [-0.05, 0) is 50.6 Å². The summed E-state index contributed by atoms with van der Waals surface area (Å²) in [6, 6.07) is 11.4. The molecule has 3 aromatic rings. The molecule has 3 heterocycles. The monoisotopic (exact) mass is 363 g/mol. The Morgan fingerprint density at radius 3 is 2.74 bits per heavy atom. The molecule has 2 aromatic heterocycles. The van der Waals surface area contributed by atoms with Crippen LogP contribution in [0.2, 0.25) is 0 Å². The molecule has 0 fully saturated rings. The van der Waals surface area contributed by atoms with Crippen molar-refractivity contribution in [2.75, 3.05) is 0 Å². The molecule has 0 bridgehead atoms. The molecular formula is C21H22FN5. The van der Waals surface area contributed by atoms with Gasteiger partial charge < -0.3 is 5.01 Å². The van der Waals surface area contributed by atoms with E-state index in [9.17, 15) is 4.39 Å². The average molecular weight is 363 g/mol. The number of hydrogen-bond donors (Lipinski definition) is 2. The fraction of sp³-hybridized carbons (Fsp3) is 0.238. The van der Waals surface area contributed by atoms with Crippen LogP contribution in [-0.4, -0.2) is 26.2 Å². The van der Waals surface area contributed by atoms with Crippen molar-refractivity contribution in [1.82, 2.24) is 25.6 Å². The molecule has 0 amide bonds. The molecule has 27 heavy (non-hydrogen) atoms. The molecule has 6 heteroatoms. The van der Waals surface area contributed by atoms with E-state index < -0.39 is 0 Å². The number of pyridine rings is 1. The zero-order valence-corrected chi connectivity index (χ0v) is 15.6. The first-order chi connectivity index (χ1) is 13.0. The SMILES string of the molecule is Cc1cccc(C2=CN(C(C)C)NC2c2ccc(F)c(-c3cn[nH]c3)c2)n1. The molecule has 0 saturated heterocycles. The van der Waals surface area contributed by atoms with Crippen molar-refractivity contribution in [3.63, 3.8) is 0 Å². The standard InChI is InChI=1S/C21H22FN5/c1-13(2)27-12-18(20-6-4-5-14(3)25-20)21(26-27)15-7-8-19(22)17(9-15)16-10-23-24-11-16/h4-13,21,26H,1-3H3,(H,23,24). The van der Waals surface area contributed by atoms with E-state index in [2.05, 4.69) is 40.7 Å². The number of hydrogen-bond acceptors (Lipinski definition) is 4. The fourth-order valence-corrected chi connectivity index (χ4v) is 3.29. The molecule has 138 valence electrons. The smallest absolute Gasteiger partial charge is 0.131 e. The van der Waals surface area contributed by atoms with Crippen molar-refractivity contribution in [3.05, 3.63) is 77.8 Å². The summed E-state index contributed by atoms with van der Waals surface area (Å²) in [4.78, 5) is 4.69. The number of aromatic nitrogens is 3. The third kappa shape index (κ3) is 3.36. The number of hydrazine groups is 1. The highest BCUT2D eigenvalue weighted by atomic mass is 19.1. The van der Waals surface area contributed by atoms with Crippen molar-refractivity contribution in [3.8, 4) is 11.1 Å². The number of H-pyrrole nitrogens is 1. The van der Waals surface area contributed by atoms with Gasteiger partial charge in [-0.25, -0.2) is 9.82 Å². The quantitative estimate of drug-likeness (QED) is 0.728. The van der Waals surface area contributed by atoms with E-state index >= 15 is 0 Å². The van der Waals surface area contributed by atoms with Gasteiger partial charge in [-0.3, -0.25) is 10.1 Å². The van der Waals surface area contributed by atoms with Gasteiger partial charge in [0.2, 0.25) is 0 Å². The van der Waals surface area contributed by atoms with Crippen molar-refractivity contribution in [2.45, 2.75) is 32.9 Å². The predicted octanol–water partition coefficient (Wildman–Crippen LogP) is 4.23. The number of nitrogens with zero attached hydrogens (tertiary/aromatic N) is 3. The van der Waals surface area contributed by atoms with Crippen molar-refractivity contribution in [1.29, 1.82) is 0 Å². The maximum Gasteiger partial charge on any atom is 0.131 e. The summed E-state index contributed by atoms with van der Waals surface area (Å²) in [5.41, 5.74) is 8.71. The van der Waals surface area contributed by atoms with Gasteiger partial charge in [0, 0.05) is 40.8 Å². The Balaban J connectivity index is 1.78. The lowest BCUT2D eigenvalue weighted by molar-refractivity contribution is 0.226. The lowest BCUT2D eigenvalue weighted by Crippen LogP contribution is -2.36. The molecule has 4 rings (SSSR count). The van der Waals surface area contributed by atoms with Gasteiger partial charge >= 0.3 is 0 Å². The van der Waals surface area contributed by atoms with Gasteiger partial charge in [0.05, 0.1) is 17.9 Å². The van der Waals surface area contributed by atoms with Crippen LogP contribution in [0.15, 0.2) is 55.0 Å². The highest BCUT2D eigenvalue weighted by molar-refractivity contribution is 5.72. The fourth-order valence-electron chi connectivity index (χ4n) is 3.29. The number of benzene rings is 1. The van der Waals surface area contributed by atoms with Crippen LogP contribution in [0.25, 0.3) is 16.7 Å². The van der Waals surface area contributed by atoms with Crippen LogP contribution in [0.1, 0.15) is 36.8 Å². The second-order valence-corrected chi connectivity index (χ2v) is 7.04. The predicted molar refractivity (Wildman–Crippen MR) is 104 cm³/mol. The molecule has 0 radical (unpaired) electrons. The van der Waals surface area contributed by atoms with Crippen LogP contribution in [0.3, 0.4) is 0 Å². The van der Waals surface area contributed by atoms with E-state index in [-0.39, 0.29) is 17.9 Å². The van der Waals surface area contributed by atoms with Crippen LogP contribution in [-0.2, 0) is 0 Å². The first kappa shape index (κ1) is 17.4. The first-order valence-corrected chi connectivity index (χ1v) is 9.02. The Morgan fingerprint density at radius 2 is 2.04 bits per heavy atom. The number of aryl methyl sites for hydroxylation is 1. The molecule has 1 atom stereocenters. The van der Waals surface area contributed by atoms with E-state index in [0.717, 1.165) is 28.1 Å². The van der Waals surface area contributed by atoms with E-state index in [0.29, 0.717) is 5.56 Å². The van der Waals surface area contributed by atoms with Gasteiger partial charge in [0.25, 0.3) is 0 Å². The van der Waals surface area contributed by atoms with E-state index in [4.69, 9.17) is 4.98 Å². The molecule has 1 aliphatic heterocycles. The lowest BCUT2D eigenvalue weighted by atomic mass is 9.95. The summed E-state index contributed by atoms with van der Waals surface area (Å²) >= 11 is 0. The lowest BCUT2D eigenvalue weighted by Gasteiger charge is -2.24. The molecule has 1 aliphatic rings. The van der Waals surface area contributed by atoms with Gasteiger partial charge in [0.1, 0.15) is 5.82 Å². The molecule has 5 nitrogen and oxygen atoms in total. The van der Waals surface area contributed by atoms with Crippen LogP contribution in [0.4, 0.5) is 4.39 Å². The first-order valence-electron chi connectivity index (χ1n) is 9.02. The third-order valence-electron chi connectivity index (χ3n) is 4.74. The van der Waals surface area contributed by atoms with Gasteiger partial charge in [0.15, 0.2) is 0 Å². The number of nitrogens with one attached hydrogen (secondary N) is 2. The number of halogens is 1. The topological polar surface area (TPSA) is 56.8 Å². The summed E-state index contributed by atoms with van der Waals surface area (Å²) in [5, 5.41) is 8.76. The Hall–Kier alpha value is -2.99. The normalized spacial score (nSPS) is 16.9. The van der Waals surface area contributed by atoms with E-state index in [1.165, 1.54) is 6.07 Å². The molecular weight excluding hydrogens is 341 g/mol. The minimum absolute atomic E-state index is 0.104. The second-order valence-electron chi connectivity index (χ2n) is 7.04. The van der Waals surface area contributed by atoms with E-state index in [1.807, 2.05) is 37.3 Å². The summed E-state index contributed by atoms with van der Waals surface area (Å²) in [6.45, 7) is 6.22. The summed E-state index contributed by atoms with van der Waals surface area (Å²) in [6.07, 6.45) is 5.42. The minimum atomic E-state index is -0.266. The molecule has 1 aromatic carbocycles. The molecule has 0 aliphatic carbocycles. The van der Waals surface area contributed by atoms with Gasteiger partial charge in [-0.15, -0.1) is 0 Å². The Morgan fingerprint density at radius 1 is 1.19 bits per heavy atom. The molecule has 2 N–H and O–H groups in total. The van der Waals surface area contributed by atoms with Crippen molar-refractivity contribution < 1.29 is 4.39 Å². The average Bonchev–Trinajstić information content (AvgIpc) is 3.32. The Kier molecular flexibility index (Phi) is 4.49. The molecule has 0 spiro atoms. The van der Waals surface area contributed by atoms with Crippen molar-refractivity contribution >= 4 is 5.57 Å². The Bertz CT molecular complexity index is 978. The third-order valence-corrected chi connectivity index (χ3v) is 4.74. The number of aromatic amines is 1. The van der Waals surface area contributed by atoms with Crippen LogP contribution < -0.4 is 5.43 Å². The number of rotatable bonds is 4. The molecule has 1 unspecified atom stereocenters. The minimum Gasteiger partial charge on any atom is -0.312 e. The van der Waals surface area contributed by atoms with Gasteiger partial charge in [-0.1, -0.05) is 12.1 Å². The van der Waals surface area contributed by atoms with Gasteiger partial charge in [-0.2, -0.15) is 5.10 Å². The highest BCUT2D eigenvalue weighted by Crippen LogP contribution is 2.36. The van der Waals surface area contributed by atoms with Crippen LogP contribution in [0.5, 0.6) is 0 Å². The largest absolute Gasteiger partial charge is 0.312 e. The Labute approximate surface area is 157 Å².